The molecular formula is C11H13BrN2O3. The number of nitrogens with zero attached hydrogens (tertiary/aromatic N) is 2. The van der Waals surface area contributed by atoms with Crippen LogP contribution in [0.5, 0.6) is 0 Å². The molecule has 0 bridgehead atoms. The van der Waals surface area contributed by atoms with Crippen molar-refractivity contribution in [3.63, 3.8) is 0 Å². The van der Waals surface area contributed by atoms with Gasteiger partial charge in [0.2, 0.25) is 0 Å². The maximum atomic E-state index is 10.6. The summed E-state index contributed by atoms with van der Waals surface area (Å²) in [5, 5.41) is 3.80. The third-order valence-corrected chi connectivity index (χ3v) is 2.30. The Morgan fingerprint density at radius 2 is 2.29 bits per heavy atom. The molecule has 6 heteroatoms. The van der Waals surface area contributed by atoms with Crippen LogP contribution in [0.4, 0.5) is 0 Å². The number of hydrogen-bond acceptors (Lipinski definition) is 5. The topological polar surface area (TPSA) is 60.8 Å². The molecule has 17 heavy (non-hydrogen) atoms. The summed E-state index contributed by atoms with van der Waals surface area (Å²) in [4.78, 5) is 19.7. The van der Waals surface area contributed by atoms with Gasteiger partial charge in [0, 0.05) is 18.7 Å². The molecule has 0 fully saturated rings. The molecule has 0 atom stereocenters. The maximum absolute atomic E-state index is 10.6. The SMILES string of the molecule is CCO/N=C(\Br)c1ccc(COC(C)=O)cn1. The molecule has 1 heterocycles. The predicted molar refractivity (Wildman–Crippen MR) is 66.8 cm³/mol. The predicted octanol–water partition coefficient (Wildman–Crippen LogP) is 2.24. The molecule has 0 saturated heterocycles. The second kappa shape index (κ2) is 7.01. The average molecular weight is 301 g/mol. The van der Waals surface area contributed by atoms with E-state index in [4.69, 9.17) is 9.57 Å². The highest BCUT2D eigenvalue weighted by Gasteiger charge is 2.03. The number of halogens is 1. The zero-order valence-electron chi connectivity index (χ0n) is 9.64. The number of carbonyl (C=O) groups excluding carboxylic acids is 1. The lowest BCUT2D eigenvalue weighted by Gasteiger charge is -2.03. The van der Waals surface area contributed by atoms with E-state index in [0.29, 0.717) is 16.9 Å². The van der Waals surface area contributed by atoms with Crippen molar-refractivity contribution in [2.45, 2.75) is 20.5 Å². The summed E-state index contributed by atoms with van der Waals surface area (Å²) in [6, 6.07) is 3.58. The second-order valence-electron chi connectivity index (χ2n) is 3.13. The number of hydrogen-bond donors (Lipinski definition) is 0. The van der Waals surface area contributed by atoms with Gasteiger partial charge in [-0.15, -0.1) is 0 Å². The Morgan fingerprint density at radius 3 is 2.82 bits per heavy atom. The fourth-order valence-corrected chi connectivity index (χ4v) is 1.32. The summed E-state index contributed by atoms with van der Waals surface area (Å²) in [6.07, 6.45) is 1.63. The van der Waals surface area contributed by atoms with Gasteiger partial charge >= 0.3 is 5.97 Å². The van der Waals surface area contributed by atoms with Gasteiger partial charge in [0.05, 0.1) is 5.69 Å². The lowest BCUT2D eigenvalue weighted by atomic mass is 10.3. The normalized spacial score (nSPS) is 11.1. The minimum absolute atomic E-state index is 0.225. The Balaban J connectivity index is 2.64. The Kier molecular flexibility index (Phi) is 5.62. The van der Waals surface area contributed by atoms with E-state index in [1.165, 1.54) is 6.92 Å². The van der Waals surface area contributed by atoms with Gasteiger partial charge in [0.1, 0.15) is 13.2 Å². The third kappa shape index (κ3) is 4.95. The highest BCUT2D eigenvalue weighted by molar-refractivity contribution is 9.18. The fraction of sp³-hybridized carbons (Fsp3) is 0.364. The lowest BCUT2D eigenvalue weighted by Crippen LogP contribution is -2.01. The molecule has 1 rings (SSSR count). The number of oxime groups is 1. The molecule has 0 saturated carbocycles. The molecule has 0 aliphatic heterocycles. The molecular weight excluding hydrogens is 288 g/mol. The standard InChI is InChI=1S/C11H13BrN2O3/c1-3-17-14-11(12)10-5-4-9(6-13-10)7-16-8(2)15/h4-6H,3,7H2,1-2H3/b14-11-. The summed E-state index contributed by atoms with van der Waals surface area (Å²) in [6.45, 7) is 3.94. The first-order valence-corrected chi connectivity index (χ1v) is 5.87. The molecule has 0 N–H and O–H groups in total. The quantitative estimate of drug-likeness (QED) is 0.475. The van der Waals surface area contributed by atoms with E-state index < -0.39 is 0 Å². The summed E-state index contributed by atoms with van der Waals surface area (Å²) in [5.74, 6) is -0.312. The molecule has 0 spiro atoms. The van der Waals surface area contributed by atoms with Crippen molar-refractivity contribution in [1.29, 1.82) is 0 Å². The van der Waals surface area contributed by atoms with E-state index in [0.717, 1.165) is 5.56 Å². The summed E-state index contributed by atoms with van der Waals surface area (Å²) < 4.78 is 5.37. The van der Waals surface area contributed by atoms with Gasteiger partial charge in [-0.25, -0.2) is 0 Å². The largest absolute Gasteiger partial charge is 0.461 e. The van der Waals surface area contributed by atoms with Gasteiger partial charge in [-0.3, -0.25) is 9.78 Å². The summed E-state index contributed by atoms with van der Waals surface area (Å²) in [5.41, 5.74) is 1.48. The first-order chi connectivity index (χ1) is 8.13. The van der Waals surface area contributed by atoms with E-state index in [1.54, 1.807) is 12.3 Å². The van der Waals surface area contributed by atoms with Gasteiger partial charge in [-0.05, 0) is 28.9 Å². The molecule has 1 aromatic heterocycles. The number of aromatic nitrogens is 1. The Morgan fingerprint density at radius 1 is 1.53 bits per heavy atom. The molecule has 0 radical (unpaired) electrons. The van der Waals surface area contributed by atoms with Gasteiger partial charge in [0.25, 0.3) is 0 Å². The molecule has 0 aliphatic carbocycles. The van der Waals surface area contributed by atoms with Crippen molar-refractivity contribution in [2.75, 3.05) is 6.61 Å². The van der Waals surface area contributed by atoms with Crippen molar-refractivity contribution < 1.29 is 14.4 Å². The van der Waals surface area contributed by atoms with Crippen LogP contribution in [0.15, 0.2) is 23.5 Å². The average Bonchev–Trinajstić information content (AvgIpc) is 2.34. The van der Waals surface area contributed by atoms with Crippen molar-refractivity contribution in [1.82, 2.24) is 4.98 Å². The van der Waals surface area contributed by atoms with E-state index in [-0.39, 0.29) is 12.6 Å². The van der Waals surface area contributed by atoms with E-state index in [2.05, 4.69) is 26.1 Å². The van der Waals surface area contributed by atoms with Gasteiger partial charge in [0.15, 0.2) is 4.62 Å². The molecule has 0 unspecified atom stereocenters. The first kappa shape index (κ1) is 13.6. The maximum Gasteiger partial charge on any atom is 0.302 e. The van der Waals surface area contributed by atoms with Crippen molar-refractivity contribution in [2.24, 2.45) is 5.16 Å². The Bertz CT molecular complexity index is 404. The fourth-order valence-electron chi connectivity index (χ4n) is 0.985. The van der Waals surface area contributed by atoms with Crippen LogP contribution in [-0.2, 0) is 21.0 Å². The first-order valence-electron chi connectivity index (χ1n) is 5.07. The highest BCUT2D eigenvalue weighted by atomic mass is 79.9. The number of carbonyl (C=O) groups is 1. The van der Waals surface area contributed by atoms with Crippen LogP contribution in [0.1, 0.15) is 25.1 Å². The zero-order valence-corrected chi connectivity index (χ0v) is 11.2. The van der Waals surface area contributed by atoms with Gasteiger partial charge < -0.3 is 9.57 Å². The highest BCUT2D eigenvalue weighted by Crippen LogP contribution is 2.07. The Labute approximate surface area is 108 Å². The zero-order chi connectivity index (χ0) is 12.7. The molecule has 5 nitrogen and oxygen atoms in total. The van der Waals surface area contributed by atoms with E-state index in [1.807, 2.05) is 13.0 Å². The van der Waals surface area contributed by atoms with Gasteiger partial charge in [-0.2, -0.15) is 0 Å². The Hall–Kier alpha value is -1.43. The third-order valence-electron chi connectivity index (χ3n) is 1.75. The molecule has 0 aliphatic rings. The number of rotatable bonds is 5. The molecule has 1 aromatic rings. The minimum Gasteiger partial charge on any atom is -0.461 e. The number of ether oxygens (including phenoxy) is 1. The molecule has 0 amide bonds. The van der Waals surface area contributed by atoms with Crippen LogP contribution in [0.3, 0.4) is 0 Å². The van der Waals surface area contributed by atoms with Crippen LogP contribution < -0.4 is 0 Å². The van der Waals surface area contributed by atoms with Crippen molar-refractivity contribution in [3.05, 3.63) is 29.6 Å². The molecule has 0 aromatic carbocycles. The monoisotopic (exact) mass is 300 g/mol. The summed E-state index contributed by atoms with van der Waals surface area (Å²) in [7, 11) is 0. The summed E-state index contributed by atoms with van der Waals surface area (Å²) >= 11 is 3.25. The smallest absolute Gasteiger partial charge is 0.302 e. The molecule has 92 valence electrons. The van der Waals surface area contributed by atoms with Gasteiger partial charge in [-0.1, -0.05) is 11.2 Å². The minimum atomic E-state index is -0.312. The van der Waals surface area contributed by atoms with Crippen LogP contribution in [-0.4, -0.2) is 22.2 Å². The second-order valence-corrected chi connectivity index (χ2v) is 3.88. The van der Waals surface area contributed by atoms with Crippen LogP contribution in [0.2, 0.25) is 0 Å². The lowest BCUT2D eigenvalue weighted by molar-refractivity contribution is -0.142. The van der Waals surface area contributed by atoms with Crippen LogP contribution in [0, 0.1) is 0 Å². The number of pyridine rings is 1. The van der Waals surface area contributed by atoms with E-state index >= 15 is 0 Å². The van der Waals surface area contributed by atoms with Crippen molar-refractivity contribution in [3.8, 4) is 0 Å². The van der Waals surface area contributed by atoms with E-state index in [9.17, 15) is 4.79 Å². The van der Waals surface area contributed by atoms with Crippen molar-refractivity contribution >= 4 is 26.5 Å². The number of esters is 1. The van der Waals surface area contributed by atoms with Crippen LogP contribution >= 0.6 is 15.9 Å². The van der Waals surface area contributed by atoms with Crippen LogP contribution in [0.25, 0.3) is 0 Å².